The van der Waals surface area contributed by atoms with Gasteiger partial charge in [-0.2, -0.15) is 5.01 Å². The Morgan fingerprint density at radius 3 is 2.10 bits per heavy atom. The normalized spacial score (nSPS) is 15.4. The first-order chi connectivity index (χ1) is 12.2. The molecule has 3 amide bonds. The number of halogens is 1. The van der Waals surface area contributed by atoms with Gasteiger partial charge in [-0.1, -0.05) is 0 Å². The monoisotopic (exact) mass is 520 g/mol. The minimum Gasteiger partial charge on any atom is -0.808 e. The third kappa shape index (κ3) is 12.4. The van der Waals surface area contributed by atoms with Crippen LogP contribution in [0.4, 0.5) is 4.79 Å². The molecule has 20 heteroatoms. The van der Waals surface area contributed by atoms with Crippen molar-refractivity contribution in [1.82, 2.24) is 15.6 Å². The molecule has 0 aliphatic rings. The number of nitroso groups, excluding NO2 is 1. The summed E-state index contributed by atoms with van der Waals surface area (Å²) in [5.74, 6) is -0.897. The van der Waals surface area contributed by atoms with Crippen LogP contribution in [0.5, 0.6) is 0 Å². The fourth-order valence-electron chi connectivity index (χ4n) is 1.71. The first-order valence-electron chi connectivity index (χ1n) is 7.24. The minimum absolute atomic E-state index is 0. The van der Waals surface area contributed by atoms with E-state index in [2.05, 4.69) is 15.9 Å². The van der Waals surface area contributed by atoms with Gasteiger partial charge in [-0.3, -0.25) is 4.79 Å². The fraction of sp³-hybridized carbons (Fsp3) is 0.800. The molecular formula is C10H18ClN4Na3O10P2. The van der Waals surface area contributed by atoms with Crippen LogP contribution in [-0.4, -0.2) is 57.0 Å². The molecule has 0 aliphatic carbocycles. The van der Waals surface area contributed by atoms with Gasteiger partial charge in [0.2, 0.25) is 5.91 Å². The van der Waals surface area contributed by atoms with Gasteiger partial charge < -0.3 is 44.4 Å². The van der Waals surface area contributed by atoms with Gasteiger partial charge in [0.05, 0.1) is 11.8 Å². The van der Waals surface area contributed by atoms with Crippen LogP contribution >= 0.6 is 26.8 Å². The zero-order valence-corrected chi connectivity index (χ0v) is 25.5. The van der Waals surface area contributed by atoms with E-state index < -0.39 is 57.6 Å². The summed E-state index contributed by atoms with van der Waals surface area (Å²) in [7, 11) is -12.1. The second-order valence-corrected chi connectivity index (χ2v) is 9.50. The van der Waals surface area contributed by atoms with Crippen molar-refractivity contribution >= 4 is 38.7 Å². The molecule has 4 N–H and O–H groups in total. The molecular weight excluding hydrogens is 502 g/mol. The van der Waals surface area contributed by atoms with Gasteiger partial charge in [-0.25, -0.2) is 4.79 Å². The quantitative estimate of drug-likeness (QED) is 0.0501. The molecule has 0 saturated heterocycles. The van der Waals surface area contributed by atoms with Gasteiger partial charge in [-0.15, -0.1) is 16.5 Å². The number of nitrogens with one attached hydrogen (secondary N) is 2. The average Bonchev–Trinajstić information content (AvgIpc) is 2.53. The van der Waals surface area contributed by atoms with Crippen molar-refractivity contribution in [2.24, 2.45) is 5.29 Å². The largest absolute Gasteiger partial charge is 1.00 e. The second kappa shape index (κ2) is 17.3. The minimum atomic E-state index is -6.13. The number of aliphatic hydroxyl groups is 1. The molecule has 0 bridgehead atoms. The van der Waals surface area contributed by atoms with Crippen molar-refractivity contribution < 1.29 is 132 Å². The van der Waals surface area contributed by atoms with E-state index in [1.54, 1.807) is 0 Å². The third-order valence-corrected chi connectivity index (χ3v) is 7.13. The number of hydrogen-bond acceptors (Lipinski definition) is 10. The Balaban J connectivity index is -0.00000113. The van der Waals surface area contributed by atoms with Crippen molar-refractivity contribution in [1.29, 1.82) is 0 Å². The van der Waals surface area contributed by atoms with Gasteiger partial charge in [0.15, 0.2) is 12.7 Å². The molecule has 0 aromatic rings. The first kappa shape index (κ1) is 39.1. The molecule has 3 atom stereocenters. The Hall–Kier alpha value is 1.89. The number of rotatable bonds is 11. The Bertz CT molecular complexity index is 630. The maximum absolute atomic E-state index is 11.8. The van der Waals surface area contributed by atoms with Gasteiger partial charge >= 0.3 is 94.7 Å². The molecule has 0 aromatic heterocycles. The predicted molar refractivity (Wildman–Crippen MR) is 85.8 cm³/mol. The van der Waals surface area contributed by atoms with Crippen molar-refractivity contribution in [3.05, 3.63) is 4.91 Å². The van der Waals surface area contributed by atoms with E-state index in [1.165, 1.54) is 6.92 Å². The predicted octanol–water partition coefficient (Wildman–Crippen LogP) is -11.7. The Labute approximate surface area is 243 Å². The Kier molecular flexibility index (Phi) is 22.6. The number of nitrogens with zero attached hydrogens (tertiary/aromatic N) is 2. The van der Waals surface area contributed by atoms with Crippen LogP contribution in [0.3, 0.4) is 0 Å². The second-order valence-electron chi connectivity index (χ2n) is 5.25. The number of urea groups is 1. The van der Waals surface area contributed by atoms with Crippen LogP contribution in [0.15, 0.2) is 5.29 Å². The van der Waals surface area contributed by atoms with Crippen LogP contribution in [0.25, 0.3) is 0 Å². The molecule has 30 heavy (non-hydrogen) atoms. The molecule has 2 unspecified atom stereocenters. The molecule has 0 radical (unpaired) electrons. The van der Waals surface area contributed by atoms with Crippen molar-refractivity contribution in [2.75, 3.05) is 19.0 Å². The van der Waals surface area contributed by atoms with Gasteiger partial charge in [0.25, 0.3) is 0 Å². The summed E-state index contributed by atoms with van der Waals surface area (Å²) in [6.45, 7) is 0.625. The Morgan fingerprint density at radius 2 is 1.73 bits per heavy atom. The van der Waals surface area contributed by atoms with Crippen molar-refractivity contribution in [3.63, 3.8) is 0 Å². The smallest absolute Gasteiger partial charge is 0.808 e. The molecule has 0 saturated carbocycles. The van der Waals surface area contributed by atoms with Crippen LogP contribution in [0.1, 0.15) is 19.8 Å². The maximum atomic E-state index is 11.8. The molecule has 0 spiro atoms. The first-order valence-corrected chi connectivity index (χ1v) is 10.9. The van der Waals surface area contributed by atoms with E-state index in [-0.39, 0.29) is 101 Å². The molecule has 0 rings (SSSR count). The molecule has 0 heterocycles. The van der Waals surface area contributed by atoms with E-state index in [1.807, 2.05) is 0 Å². The van der Waals surface area contributed by atoms with Crippen LogP contribution in [-0.2, 0) is 13.9 Å². The van der Waals surface area contributed by atoms with E-state index in [9.17, 15) is 43.4 Å². The summed E-state index contributed by atoms with van der Waals surface area (Å²) < 4.78 is 21.9. The summed E-state index contributed by atoms with van der Waals surface area (Å²) in [5, 5.41) is 12.7. The van der Waals surface area contributed by atoms with E-state index in [0.29, 0.717) is 5.01 Å². The number of hydrogen-bond donors (Lipinski definition) is 4. The fourth-order valence-corrected chi connectivity index (χ4v) is 3.98. The average molecular weight is 521 g/mol. The summed E-state index contributed by atoms with van der Waals surface area (Å²) in [6, 6.07) is -2.18. The number of alkyl halides is 1. The third-order valence-electron chi connectivity index (χ3n) is 3.24. The number of amides is 3. The van der Waals surface area contributed by atoms with E-state index in [0.717, 1.165) is 0 Å². The van der Waals surface area contributed by atoms with Crippen LogP contribution < -0.4 is 114 Å². The number of carbonyl (C=O) groups excluding carboxylic acids is 2. The summed E-state index contributed by atoms with van der Waals surface area (Å²) in [6.07, 6.45) is -1.70. The van der Waals surface area contributed by atoms with Crippen molar-refractivity contribution in [2.45, 2.75) is 30.9 Å². The van der Waals surface area contributed by atoms with Crippen LogP contribution in [0.2, 0.25) is 0 Å². The van der Waals surface area contributed by atoms with Crippen molar-refractivity contribution in [3.8, 4) is 0 Å². The number of carbonyl (C=O) groups is 2. The summed E-state index contributed by atoms with van der Waals surface area (Å²) in [5.41, 5.74) is 0. The summed E-state index contributed by atoms with van der Waals surface area (Å²) in [4.78, 5) is 75.4. The molecule has 14 nitrogen and oxygen atoms in total. The Morgan fingerprint density at radius 1 is 1.23 bits per heavy atom. The molecule has 158 valence electrons. The van der Waals surface area contributed by atoms with Crippen LogP contribution in [0, 0.1) is 4.91 Å². The van der Waals surface area contributed by atoms with E-state index in [4.69, 9.17) is 16.5 Å². The van der Waals surface area contributed by atoms with Gasteiger partial charge in [0.1, 0.15) is 6.04 Å². The van der Waals surface area contributed by atoms with Gasteiger partial charge in [0, 0.05) is 12.4 Å². The zero-order valence-electron chi connectivity index (χ0n) is 16.9. The maximum Gasteiger partial charge on any atom is 1.00 e. The standard InChI is InChI=1S/C10H21ClN4O10P2.3Na/c1-7(13-9(17)15(14-19)6-4-11)8(16)12-5-2-3-10(18,26(20,21)22)27(23,24)25;;;/h7,18H,2-6H2,1H3,(H,12,16)(H,13,17)(H2,20,21,22)(H2,23,24,25);;;/q;3*+1/p-3/t7-;;;/m0.../s1. The molecule has 0 fully saturated rings. The molecule has 0 aliphatic heterocycles. The topological polar surface area (TPSA) is 235 Å². The van der Waals surface area contributed by atoms with Gasteiger partial charge in [-0.05, 0) is 27.4 Å². The summed E-state index contributed by atoms with van der Waals surface area (Å²) >= 11 is 5.36. The zero-order chi connectivity index (χ0) is 21.5. The molecule has 0 aromatic carbocycles. The van der Waals surface area contributed by atoms with E-state index >= 15 is 0 Å². The SMILES string of the molecule is C[C@H](NC(=O)N(CCCl)N=O)C(=O)NCCCC(O)(P(=O)([O-])[O-])P(=O)([O-])O.[Na+].[Na+].[Na+].